The highest BCUT2D eigenvalue weighted by molar-refractivity contribution is 9.10. The third kappa shape index (κ3) is 3.49. The number of benzene rings is 1. The van der Waals surface area contributed by atoms with Crippen molar-refractivity contribution >= 4 is 33.6 Å². The Kier molecular flexibility index (Phi) is 5.28. The van der Waals surface area contributed by atoms with Gasteiger partial charge in [-0.25, -0.2) is 4.39 Å². The van der Waals surface area contributed by atoms with Gasteiger partial charge in [0.2, 0.25) is 0 Å². The minimum absolute atomic E-state index is 0.0882. The lowest BCUT2D eigenvalue weighted by Gasteiger charge is -2.16. The summed E-state index contributed by atoms with van der Waals surface area (Å²) in [6.07, 6.45) is 1.99. The van der Waals surface area contributed by atoms with E-state index in [4.69, 9.17) is 0 Å². The van der Waals surface area contributed by atoms with Gasteiger partial charge in [0.1, 0.15) is 5.82 Å². The molecule has 0 saturated carbocycles. The largest absolute Gasteiger partial charge is 0.341 e. The minimum atomic E-state index is -0.358. The average molecular weight is 306 g/mol. The summed E-state index contributed by atoms with van der Waals surface area (Å²) in [5.74, 6) is 0.447. The quantitative estimate of drug-likeness (QED) is 0.852. The van der Waals surface area contributed by atoms with Crippen LogP contribution in [0.4, 0.5) is 4.39 Å². The zero-order valence-electron chi connectivity index (χ0n) is 9.17. The van der Waals surface area contributed by atoms with Crippen molar-refractivity contribution in [2.75, 3.05) is 25.6 Å². The second-order valence-corrected chi connectivity index (χ2v) is 5.19. The van der Waals surface area contributed by atoms with Crippen molar-refractivity contribution in [2.45, 2.75) is 0 Å². The third-order valence-corrected chi connectivity index (χ3v) is 3.34. The van der Waals surface area contributed by atoms with Gasteiger partial charge in [-0.05, 0) is 40.4 Å². The molecule has 0 N–H and O–H groups in total. The van der Waals surface area contributed by atoms with Crippen LogP contribution in [-0.2, 0) is 0 Å². The van der Waals surface area contributed by atoms with Crippen LogP contribution in [0.15, 0.2) is 22.7 Å². The molecular weight excluding hydrogens is 293 g/mol. The maximum Gasteiger partial charge on any atom is 0.253 e. The number of carbonyl (C=O) groups is 1. The summed E-state index contributed by atoms with van der Waals surface area (Å²) in [5, 5.41) is 0. The van der Waals surface area contributed by atoms with E-state index in [1.165, 1.54) is 18.2 Å². The molecule has 0 bridgehead atoms. The number of rotatable bonds is 4. The Labute approximate surface area is 107 Å². The van der Waals surface area contributed by atoms with Crippen LogP contribution in [0.3, 0.4) is 0 Å². The molecule has 1 aromatic rings. The molecule has 0 aliphatic heterocycles. The molecule has 0 spiro atoms. The second-order valence-electron chi connectivity index (χ2n) is 3.35. The third-order valence-electron chi connectivity index (χ3n) is 2.14. The molecule has 0 saturated heterocycles. The van der Waals surface area contributed by atoms with E-state index in [9.17, 15) is 9.18 Å². The van der Waals surface area contributed by atoms with E-state index in [2.05, 4.69) is 15.9 Å². The smallest absolute Gasteiger partial charge is 0.253 e. The van der Waals surface area contributed by atoms with Gasteiger partial charge in [0.15, 0.2) is 0 Å². The van der Waals surface area contributed by atoms with Crippen molar-refractivity contribution in [1.82, 2.24) is 4.90 Å². The number of hydrogen-bond acceptors (Lipinski definition) is 2. The molecule has 88 valence electrons. The SMILES string of the molecule is CSCCN(C)C(=O)c1ccc(F)c(Br)c1. The average Bonchev–Trinajstić information content (AvgIpc) is 2.28. The summed E-state index contributed by atoms with van der Waals surface area (Å²) in [5.41, 5.74) is 0.497. The van der Waals surface area contributed by atoms with Crippen molar-refractivity contribution in [3.8, 4) is 0 Å². The van der Waals surface area contributed by atoms with Gasteiger partial charge in [-0.15, -0.1) is 0 Å². The van der Waals surface area contributed by atoms with E-state index >= 15 is 0 Å². The molecule has 5 heteroatoms. The Morgan fingerprint density at radius 3 is 2.81 bits per heavy atom. The van der Waals surface area contributed by atoms with Gasteiger partial charge < -0.3 is 4.90 Å². The zero-order valence-corrected chi connectivity index (χ0v) is 11.6. The number of nitrogens with zero attached hydrogens (tertiary/aromatic N) is 1. The Morgan fingerprint density at radius 2 is 2.25 bits per heavy atom. The highest BCUT2D eigenvalue weighted by Gasteiger charge is 2.12. The topological polar surface area (TPSA) is 20.3 Å². The fraction of sp³-hybridized carbons (Fsp3) is 0.364. The lowest BCUT2D eigenvalue weighted by atomic mass is 10.2. The van der Waals surface area contributed by atoms with Crippen molar-refractivity contribution in [3.05, 3.63) is 34.1 Å². The zero-order chi connectivity index (χ0) is 12.1. The first-order valence-corrected chi connectivity index (χ1v) is 6.94. The Balaban J connectivity index is 2.76. The first-order chi connectivity index (χ1) is 7.56. The van der Waals surface area contributed by atoms with Gasteiger partial charge in [-0.3, -0.25) is 4.79 Å². The van der Waals surface area contributed by atoms with Crippen LogP contribution in [-0.4, -0.2) is 36.4 Å². The number of hydrogen-bond donors (Lipinski definition) is 0. The summed E-state index contributed by atoms with van der Waals surface area (Å²) in [4.78, 5) is 13.5. The van der Waals surface area contributed by atoms with Crippen molar-refractivity contribution in [2.24, 2.45) is 0 Å². The molecule has 0 atom stereocenters. The van der Waals surface area contributed by atoms with Gasteiger partial charge in [0, 0.05) is 24.9 Å². The highest BCUT2D eigenvalue weighted by Crippen LogP contribution is 2.17. The van der Waals surface area contributed by atoms with E-state index in [1.54, 1.807) is 23.7 Å². The first kappa shape index (κ1) is 13.5. The van der Waals surface area contributed by atoms with E-state index < -0.39 is 0 Å². The van der Waals surface area contributed by atoms with Crippen LogP contribution in [0.2, 0.25) is 0 Å². The molecule has 0 aliphatic carbocycles. The van der Waals surface area contributed by atoms with Crippen molar-refractivity contribution in [3.63, 3.8) is 0 Å². The molecule has 0 radical (unpaired) electrons. The number of halogens is 2. The Bertz CT molecular complexity index is 386. The fourth-order valence-corrected chi connectivity index (χ4v) is 2.01. The second kappa shape index (κ2) is 6.25. The summed E-state index contributed by atoms with van der Waals surface area (Å²) >= 11 is 4.75. The maximum absolute atomic E-state index is 13.0. The molecular formula is C11H13BrFNOS. The van der Waals surface area contributed by atoms with Gasteiger partial charge in [-0.2, -0.15) is 11.8 Å². The van der Waals surface area contributed by atoms with Gasteiger partial charge in [-0.1, -0.05) is 0 Å². The number of amides is 1. The van der Waals surface area contributed by atoms with Crippen LogP contribution in [0, 0.1) is 5.82 Å². The van der Waals surface area contributed by atoms with Crippen molar-refractivity contribution in [1.29, 1.82) is 0 Å². The van der Waals surface area contributed by atoms with Crippen LogP contribution < -0.4 is 0 Å². The van der Waals surface area contributed by atoms with Crippen LogP contribution in [0.1, 0.15) is 10.4 Å². The molecule has 0 aromatic heterocycles. The molecule has 1 rings (SSSR count). The predicted molar refractivity (Wildman–Crippen MR) is 69.4 cm³/mol. The number of carbonyl (C=O) groups excluding carboxylic acids is 1. The lowest BCUT2D eigenvalue weighted by molar-refractivity contribution is 0.0803. The van der Waals surface area contributed by atoms with E-state index in [1.807, 2.05) is 6.26 Å². The summed E-state index contributed by atoms with van der Waals surface area (Å²) in [7, 11) is 1.75. The van der Waals surface area contributed by atoms with Crippen LogP contribution in [0.25, 0.3) is 0 Å². The van der Waals surface area contributed by atoms with E-state index in [0.29, 0.717) is 16.6 Å². The van der Waals surface area contributed by atoms with Crippen LogP contribution in [0.5, 0.6) is 0 Å². The number of thioether (sulfide) groups is 1. The summed E-state index contributed by atoms with van der Waals surface area (Å²) in [6.45, 7) is 0.689. The van der Waals surface area contributed by atoms with Crippen molar-refractivity contribution < 1.29 is 9.18 Å². The molecule has 16 heavy (non-hydrogen) atoms. The Morgan fingerprint density at radius 1 is 1.56 bits per heavy atom. The first-order valence-electron chi connectivity index (χ1n) is 4.75. The highest BCUT2D eigenvalue weighted by atomic mass is 79.9. The van der Waals surface area contributed by atoms with Gasteiger partial charge >= 0.3 is 0 Å². The molecule has 0 heterocycles. The normalized spacial score (nSPS) is 10.2. The molecule has 0 aliphatic rings. The van der Waals surface area contributed by atoms with Crippen LogP contribution >= 0.6 is 27.7 Å². The summed E-state index contributed by atoms with van der Waals surface area (Å²) in [6, 6.07) is 4.30. The van der Waals surface area contributed by atoms with Gasteiger partial charge in [0.05, 0.1) is 4.47 Å². The summed E-state index contributed by atoms with van der Waals surface area (Å²) < 4.78 is 13.3. The fourth-order valence-electron chi connectivity index (χ4n) is 1.18. The molecule has 0 fully saturated rings. The molecule has 1 amide bonds. The maximum atomic E-state index is 13.0. The predicted octanol–water partition coefficient (Wildman–Crippen LogP) is 3.02. The molecule has 1 aromatic carbocycles. The Hall–Kier alpha value is -0.550. The lowest BCUT2D eigenvalue weighted by Crippen LogP contribution is -2.28. The molecule has 0 unspecified atom stereocenters. The monoisotopic (exact) mass is 305 g/mol. The van der Waals surface area contributed by atoms with E-state index in [0.717, 1.165) is 5.75 Å². The van der Waals surface area contributed by atoms with Gasteiger partial charge in [0.25, 0.3) is 5.91 Å². The standard InChI is InChI=1S/C11H13BrFNOS/c1-14(5-6-16-2)11(15)8-3-4-10(13)9(12)7-8/h3-4,7H,5-6H2,1-2H3. The molecule has 2 nitrogen and oxygen atoms in total. The minimum Gasteiger partial charge on any atom is -0.341 e. The van der Waals surface area contributed by atoms with E-state index in [-0.39, 0.29) is 11.7 Å².